The van der Waals surface area contributed by atoms with E-state index in [-0.39, 0.29) is 36.3 Å². The maximum Gasteiger partial charge on any atom is 0.246 e. The average Bonchev–Trinajstić information content (AvgIpc) is 3.42. The Kier molecular flexibility index (Phi) is 7.93. The van der Waals surface area contributed by atoms with E-state index in [4.69, 9.17) is 9.47 Å². The van der Waals surface area contributed by atoms with Gasteiger partial charge in [0.2, 0.25) is 17.7 Å². The Morgan fingerprint density at radius 1 is 1.13 bits per heavy atom. The fourth-order valence-electron chi connectivity index (χ4n) is 7.62. The number of aliphatic hydroxyl groups is 1. The van der Waals surface area contributed by atoms with E-state index in [1.54, 1.807) is 29.2 Å². The van der Waals surface area contributed by atoms with Crippen molar-refractivity contribution in [3.8, 4) is 5.75 Å². The Balaban J connectivity index is 1.44. The number of carbonyl (C=O) groups is 3. The van der Waals surface area contributed by atoms with Gasteiger partial charge in [-0.15, -0.1) is 0 Å². The van der Waals surface area contributed by atoms with Gasteiger partial charge in [0.1, 0.15) is 17.4 Å². The van der Waals surface area contributed by atoms with Crippen LogP contribution >= 0.6 is 0 Å². The van der Waals surface area contributed by atoms with Crippen molar-refractivity contribution < 1.29 is 29.0 Å². The van der Waals surface area contributed by atoms with Gasteiger partial charge >= 0.3 is 0 Å². The number of ether oxygens (including phenoxy) is 2. The van der Waals surface area contributed by atoms with Crippen LogP contribution in [0.25, 0.3) is 0 Å². The van der Waals surface area contributed by atoms with Gasteiger partial charge in [0.15, 0.2) is 0 Å². The highest BCUT2D eigenvalue weighted by molar-refractivity contribution is 6.02. The van der Waals surface area contributed by atoms with Crippen molar-refractivity contribution in [1.29, 1.82) is 0 Å². The van der Waals surface area contributed by atoms with Crippen molar-refractivity contribution in [1.82, 2.24) is 10.2 Å². The first-order chi connectivity index (χ1) is 18.7. The van der Waals surface area contributed by atoms with E-state index in [0.29, 0.717) is 38.1 Å². The summed E-state index contributed by atoms with van der Waals surface area (Å²) in [5.41, 5.74) is -1.30. The molecule has 3 saturated heterocycles. The summed E-state index contributed by atoms with van der Waals surface area (Å²) in [7, 11) is 0. The minimum atomic E-state index is -1.05. The first kappa shape index (κ1) is 27.9. The Hall–Kier alpha value is -2.65. The number of fused-ring (bicyclic) bond motifs is 1. The lowest BCUT2D eigenvalue weighted by Gasteiger charge is -2.36. The molecule has 5 rings (SSSR count). The number of hydrogen-bond acceptors (Lipinski definition) is 6. The predicted molar refractivity (Wildman–Crippen MR) is 146 cm³/mol. The Bertz CT molecular complexity index is 1070. The number of hydrogen-bond donors (Lipinski definition) is 3. The molecule has 39 heavy (non-hydrogen) atoms. The van der Waals surface area contributed by atoms with Crippen molar-refractivity contribution in [2.75, 3.05) is 25.1 Å². The van der Waals surface area contributed by atoms with Crippen LogP contribution in [0, 0.1) is 17.8 Å². The van der Waals surface area contributed by atoms with Crippen LogP contribution in [0.2, 0.25) is 0 Å². The fraction of sp³-hybridized carbons (Fsp3) is 0.700. The van der Waals surface area contributed by atoms with Gasteiger partial charge in [-0.3, -0.25) is 14.4 Å². The van der Waals surface area contributed by atoms with Gasteiger partial charge < -0.3 is 30.1 Å². The molecule has 4 aliphatic rings. The number of aliphatic hydroxyl groups excluding tert-OH is 1. The molecule has 1 spiro atoms. The molecule has 214 valence electrons. The average molecular weight is 542 g/mol. The highest BCUT2D eigenvalue weighted by Crippen LogP contribution is 2.65. The first-order valence-electron chi connectivity index (χ1n) is 14.7. The highest BCUT2D eigenvalue weighted by Gasteiger charge is 2.79. The van der Waals surface area contributed by atoms with Gasteiger partial charge in [-0.1, -0.05) is 26.2 Å². The van der Waals surface area contributed by atoms with Gasteiger partial charge in [0, 0.05) is 24.9 Å². The largest absolute Gasteiger partial charge is 0.494 e. The molecule has 0 aromatic heterocycles. The van der Waals surface area contributed by atoms with Crippen LogP contribution in [0.4, 0.5) is 5.69 Å². The number of amides is 3. The smallest absolute Gasteiger partial charge is 0.246 e. The summed E-state index contributed by atoms with van der Waals surface area (Å²) in [6.07, 6.45) is 6.89. The van der Waals surface area contributed by atoms with E-state index in [1.807, 2.05) is 13.8 Å². The van der Waals surface area contributed by atoms with Crippen LogP contribution in [0.15, 0.2) is 24.3 Å². The Morgan fingerprint density at radius 2 is 1.85 bits per heavy atom. The molecule has 1 aromatic rings. The fourth-order valence-corrected chi connectivity index (χ4v) is 7.62. The molecule has 1 saturated carbocycles. The summed E-state index contributed by atoms with van der Waals surface area (Å²) in [5.74, 6) is -1.40. The third-order valence-corrected chi connectivity index (χ3v) is 9.54. The maximum absolute atomic E-state index is 14.1. The van der Waals surface area contributed by atoms with Crippen molar-refractivity contribution in [2.45, 2.75) is 95.4 Å². The van der Waals surface area contributed by atoms with E-state index in [1.165, 1.54) is 6.42 Å². The van der Waals surface area contributed by atoms with Crippen molar-refractivity contribution in [3.05, 3.63) is 24.3 Å². The van der Waals surface area contributed by atoms with Crippen LogP contribution in [-0.2, 0) is 19.1 Å². The van der Waals surface area contributed by atoms with E-state index < -0.39 is 29.1 Å². The molecule has 3 aliphatic heterocycles. The zero-order chi connectivity index (χ0) is 27.8. The summed E-state index contributed by atoms with van der Waals surface area (Å²) in [4.78, 5) is 43.6. The quantitative estimate of drug-likeness (QED) is 0.392. The standard InChI is InChI=1S/C30H43N3O6/c1-4-38-22-14-12-21(13-15-22)31-26(35)23-24-28(37)33(16-8-9-17-34)25(27(36)32-20-10-6-5-7-11-20)30(24)18-19(2)29(23,3)39-30/h12-15,19-20,23-25,34H,4-11,16-18H2,1-3H3,(H,31,35)(H,32,36)/t19?,23-,24+,25?,29+,30?/m1/s1. The summed E-state index contributed by atoms with van der Waals surface area (Å²) < 4.78 is 12.3. The second-order valence-electron chi connectivity index (χ2n) is 12.0. The number of benzene rings is 1. The lowest BCUT2D eigenvalue weighted by Crippen LogP contribution is -2.57. The number of nitrogens with zero attached hydrogens (tertiary/aromatic N) is 1. The highest BCUT2D eigenvalue weighted by atomic mass is 16.5. The zero-order valence-corrected chi connectivity index (χ0v) is 23.4. The van der Waals surface area contributed by atoms with Gasteiger partial charge in [0.05, 0.1) is 24.0 Å². The molecule has 9 nitrogen and oxygen atoms in total. The minimum absolute atomic E-state index is 0.0139. The molecule has 6 atom stereocenters. The van der Waals surface area contributed by atoms with Gasteiger partial charge in [0.25, 0.3) is 0 Å². The van der Waals surface area contributed by atoms with E-state index >= 15 is 0 Å². The minimum Gasteiger partial charge on any atom is -0.494 e. The first-order valence-corrected chi connectivity index (χ1v) is 14.7. The number of rotatable bonds is 10. The zero-order valence-electron chi connectivity index (χ0n) is 23.4. The topological polar surface area (TPSA) is 117 Å². The molecule has 9 heteroatoms. The van der Waals surface area contributed by atoms with E-state index in [0.717, 1.165) is 31.4 Å². The number of anilines is 1. The van der Waals surface area contributed by atoms with Gasteiger partial charge in [-0.05, 0) is 76.1 Å². The number of carbonyl (C=O) groups excluding carboxylic acids is 3. The molecule has 0 radical (unpaired) electrons. The molecule has 3 unspecified atom stereocenters. The summed E-state index contributed by atoms with van der Waals surface area (Å²) in [5, 5.41) is 15.6. The molecule has 3 N–H and O–H groups in total. The molecule has 3 heterocycles. The number of likely N-dealkylation sites (tertiary alicyclic amines) is 1. The molecule has 1 aromatic carbocycles. The lowest BCUT2D eigenvalue weighted by molar-refractivity contribution is -0.146. The Labute approximate surface area is 231 Å². The summed E-state index contributed by atoms with van der Waals surface area (Å²) in [6, 6.07) is 6.49. The van der Waals surface area contributed by atoms with Gasteiger partial charge in [-0.25, -0.2) is 0 Å². The van der Waals surface area contributed by atoms with Crippen molar-refractivity contribution in [2.24, 2.45) is 17.8 Å². The van der Waals surface area contributed by atoms with Crippen LogP contribution in [0.1, 0.15) is 72.1 Å². The van der Waals surface area contributed by atoms with Crippen LogP contribution in [0.5, 0.6) is 5.75 Å². The second kappa shape index (κ2) is 11.1. The summed E-state index contributed by atoms with van der Waals surface area (Å²) >= 11 is 0. The third-order valence-electron chi connectivity index (χ3n) is 9.54. The molecule has 1 aliphatic carbocycles. The monoisotopic (exact) mass is 541 g/mol. The van der Waals surface area contributed by atoms with Crippen molar-refractivity contribution >= 4 is 23.4 Å². The molecule has 2 bridgehead atoms. The number of nitrogens with one attached hydrogen (secondary N) is 2. The predicted octanol–water partition coefficient (Wildman–Crippen LogP) is 3.26. The third kappa shape index (κ3) is 4.82. The maximum atomic E-state index is 14.1. The molecular formula is C30H43N3O6. The van der Waals surface area contributed by atoms with Crippen LogP contribution < -0.4 is 15.4 Å². The van der Waals surface area contributed by atoms with E-state index in [2.05, 4.69) is 17.6 Å². The van der Waals surface area contributed by atoms with Crippen molar-refractivity contribution in [3.63, 3.8) is 0 Å². The molecule has 4 fully saturated rings. The molecule has 3 amide bonds. The second-order valence-corrected chi connectivity index (χ2v) is 12.0. The van der Waals surface area contributed by atoms with Crippen LogP contribution in [-0.4, -0.2) is 70.8 Å². The molecular weight excluding hydrogens is 498 g/mol. The summed E-state index contributed by atoms with van der Waals surface area (Å²) in [6.45, 7) is 6.81. The SMILES string of the molecule is CCOc1ccc(NC(=O)[C@H]2[C@H]3C(=O)N(CCCCO)C(C(=O)NC4CCCCC4)C34CC(C)[C@]2(C)O4)cc1. The normalized spacial score (nSPS) is 33.7. The lowest BCUT2D eigenvalue weighted by atomic mass is 9.62. The number of unbranched alkanes of at least 4 members (excludes halogenated alkanes) is 1. The Morgan fingerprint density at radius 3 is 2.51 bits per heavy atom. The van der Waals surface area contributed by atoms with E-state index in [9.17, 15) is 19.5 Å². The van der Waals surface area contributed by atoms with Crippen LogP contribution in [0.3, 0.4) is 0 Å². The van der Waals surface area contributed by atoms with Gasteiger partial charge in [-0.2, -0.15) is 0 Å².